The Hall–Kier alpha value is -1.56. The maximum Gasteiger partial charge on any atom is 0.320 e. The molecular formula is C9H8F3NO2. The van der Waals surface area contributed by atoms with Gasteiger partial charge >= 0.3 is 5.97 Å². The number of carbonyl (C=O) groups is 1. The molecule has 1 atom stereocenters. The van der Waals surface area contributed by atoms with Gasteiger partial charge in [0.1, 0.15) is 6.04 Å². The molecule has 0 saturated heterocycles. The van der Waals surface area contributed by atoms with Gasteiger partial charge in [-0.05, 0) is 24.1 Å². The van der Waals surface area contributed by atoms with Gasteiger partial charge in [-0.3, -0.25) is 4.79 Å². The Bertz CT molecular complexity index is 372. The summed E-state index contributed by atoms with van der Waals surface area (Å²) in [6.45, 7) is 0. The minimum absolute atomic E-state index is 0.00120. The molecule has 0 heterocycles. The summed E-state index contributed by atoms with van der Waals surface area (Å²) in [6.07, 6.45) is -0.260. The fourth-order valence-corrected chi connectivity index (χ4v) is 1.07. The Kier molecular flexibility index (Phi) is 3.31. The summed E-state index contributed by atoms with van der Waals surface area (Å²) in [5.74, 6) is -5.59. The predicted octanol–water partition coefficient (Wildman–Crippen LogP) is 1.06. The smallest absolute Gasteiger partial charge is 0.320 e. The standard InChI is InChI=1S/C9H8F3NO2/c10-5-1-4(2-6(11)8(5)12)3-7(13)9(14)15/h1-2,7H,3,13H2,(H,14,15)/t7-/m1/s1. The van der Waals surface area contributed by atoms with Crippen LogP contribution in [0.5, 0.6) is 0 Å². The molecule has 3 N–H and O–H groups in total. The summed E-state index contributed by atoms with van der Waals surface area (Å²) in [5, 5.41) is 8.45. The van der Waals surface area contributed by atoms with Crippen molar-refractivity contribution in [1.29, 1.82) is 0 Å². The Morgan fingerprint density at radius 2 is 1.80 bits per heavy atom. The first-order chi connectivity index (χ1) is 6.91. The summed E-state index contributed by atoms with van der Waals surface area (Å²) in [5.41, 5.74) is 5.15. The first-order valence-electron chi connectivity index (χ1n) is 4.03. The van der Waals surface area contributed by atoms with Crippen molar-refractivity contribution in [2.75, 3.05) is 0 Å². The Morgan fingerprint density at radius 1 is 1.33 bits per heavy atom. The Morgan fingerprint density at radius 3 is 2.20 bits per heavy atom. The molecule has 0 bridgehead atoms. The summed E-state index contributed by atoms with van der Waals surface area (Å²) < 4.78 is 37.9. The molecule has 0 unspecified atom stereocenters. The summed E-state index contributed by atoms with van der Waals surface area (Å²) >= 11 is 0. The van der Waals surface area contributed by atoms with Crippen LogP contribution in [0, 0.1) is 17.5 Å². The van der Waals surface area contributed by atoms with Crippen molar-refractivity contribution in [2.45, 2.75) is 12.5 Å². The van der Waals surface area contributed by atoms with Crippen LogP contribution in [0.15, 0.2) is 12.1 Å². The van der Waals surface area contributed by atoms with Gasteiger partial charge in [-0.2, -0.15) is 0 Å². The number of hydrogen-bond donors (Lipinski definition) is 2. The Labute approximate surface area is 83.3 Å². The molecule has 0 spiro atoms. The number of rotatable bonds is 3. The van der Waals surface area contributed by atoms with Gasteiger partial charge in [-0.25, -0.2) is 13.2 Å². The van der Waals surface area contributed by atoms with Crippen molar-refractivity contribution in [2.24, 2.45) is 5.73 Å². The van der Waals surface area contributed by atoms with Crippen molar-refractivity contribution in [3.8, 4) is 0 Å². The average molecular weight is 219 g/mol. The first kappa shape index (κ1) is 11.5. The van der Waals surface area contributed by atoms with E-state index in [9.17, 15) is 18.0 Å². The maximum absolute atomic E-state index is 12.7. The number of nitrogens with two attached hydrogens (primary N) is 1. The zero-order valence-corrected chi connectivity index (χ0v) is 7.51. The van der Waals surface area contributed by atoms with E-state index in [1.807, 2.05) is 0 Å². The minimum atomic E-state index is -1.58. The zero-order chi connectivity index (χ0) is 11.6. The van der Waals surface area contributed by atoms with Gasteiger partial charge in [0.2, 0.25) is 0 Å². The van der Waals surface area contributed by atoms with Crippen LogP contribution in [0.4, 0.5) is 13.2 Å². The molecule has 1 aromatic rings. The lowest BCUT2D eigenvalue weighted by atomic mass is 10.1. The summed E-state index contributed by atoms with van der Waals surface area (Å²) in [6, 6.07) is 0.178. The van der Waals surface area contributed by atoms with E-state index in [0.717, 1.165) is 12.1 Å². The van der Waals surface area contributed by atoms with Gasteiger partial charge in [-0.1, -0.05) is 0 Å². The number of aliphatic carboxylic acids is 1. The van der Waals surface area contributed by atoms with Crippen molar-refractivity contribution in [3.63, 3.8) is 0 Å². The molecule has 1 rings (SSSR count). The third kappa shape index (κ3) is 2.69. The van der Waals surface area contributed by atoms with Crippen LogP contribution in [0.25, 0.3) is 0 Å². The summed E-state index contributed by atoms with van der Waals surface area (Å²) in [4.78, 5) is 10.4. The lowest BCUT2D eigenvalue weighted by Crippen LogP contribution is -2.32. The molecule has 0 fully saturated rings. The van der Waals surface area contributed by atoms with Gasteiger partial charge in [0, 0.05) is 0 Å². The van der Waals surface area contributed by atoms with Crippen molar-refractivity contribution in [1.82, 2.24) is 0 Å². The van der Waals surface area contributed by atoms with Crippen molar-refractivity contribution < 1.29 is 23.1 Å². The molecule has 3 nitrogen and oxygen atoms in total. The molecule has 82 valence electrons. The average Bonchev–Trinajstić information content (AvgIpc) is 2.13. The van der Waals surface area contributed by atoms with Gasteiger partial charge in [0.25, 0.3) is 0 Å². The van der Waals surface area contributed by atoms with Crippen LogP contribution >= 0.6 is 0 Å². The van der Waals surface area contributed by atoms with Crippen LogP contribution in [0.2, 0.25) is 0 Å². The highest BCUT2D eigenvalue weighted by Crippen LogP contribution is 2.14. The molecular weight excluding hydrogens is 211 g/mol. The maximum atomic E-state index is 12.7. The van der Waals surface area contributed by atoms with Crippen molar-refractivity contribution >= 4 is 5.97 Å². The molecule has 0 aliphatic carbocycles. The van der Waals surface area contributed by atoms with E-state index >= 15 is 0 Å². The van der Waals surface area contributed by atoms with Gasteiger partial charge in [0.15, 0.2) is 17.5 Å². The number of carboxylic acids is 1. The zero-order valence-electron chi connectivity index (χ0n) is 7.51. The minimum Gasteiger partial charge on any atom is -0.480 e. The van der Waals surface area contributed by atoms with Gasteiger partial charge in [-0.15, -0.1) is 0 Å². The second kappa shape index (κ2) is 4.31. The third-order valence-electron chi connectivity index (χ3n) is 1.82. The second-order valence-electron chi connectivity index (χ2n) is 3.02. The normalized spacial score (nSPS) is 12.5. The molecule has 15 heavy (non-hydrogen) atoms. The monoisotopic (exact) mass is 219 g/mol. The number of halogens is 3. The quantitative estimate of drug-likeness (QED) is 0.747. The molecule has 0 aliphatic heterocycles. The largest absolute Gasteiger partial charge is 0.480 e. The van der Waals surface area contributed by atoms with E-state index in [0.29, 0.717) is 0 Å². The van der Waals surface area contributed by atoms with Crippen LogP contribution in [-0.4, -0.2) is 17.1 Å². The van der Waals surface area contributed by atoms with E-state index in [-0.39, 0.29) is 12.0 Å². The highest BCUT2D eigenvalue weighted by atomic mass is 19.2. The predicted molar refractivity (Wildman–Crippen MR) is 45.6 cm³/mol. The van der Waals surface area contributed by atoms with E-state index < -0.39 is 29.5 Å². The lowest BCUT2D eigenvalue weighted by Gasteiger charge is -2.06. The third-order valence-corrected chi connectivity index (χ3v) is 1.82. The Balaban J connectivity index is 2.92. The number of carboxylic acid groups (broad SMARTS) is 1. The lowest BCUT2D eigenvalue weighted by molar-refractivity contribution is -0.138. The molecule has 0 aliphatic rings. The fourth-order valence-electron chi connectivity index (χ4n) is 1.07. The van der Waals surface area contributed by atoms with Crippen LogP contribution in [-0.2, 0) is 11.2 Å². The number of hydrogen-bond acceptors (Lipinski definition) is 2. The van der Waals surface area contributed by atoms with E-state index in [1.54, 1.807) is 0 Å². The van der Waals surface area contributed by atoms with Gasteiger partial charge < -0.3 is 10.8 Å². The van der Waals surface area contributed by atoms with E-state index in [4.69, 9.17) is 10.8 Å². The molecule has 0 saturated carbocycles. The van der Waals surface area contributed by atoms with Crippen LogP contribution in [0.3, 0.4) is 0 Å². The molecule has 0 amide bonds. The second-order valence-corrected chi connectivity index (χ2v) is 3.02. The SMILES string of the molecule is N[C@H](Cc1cc(F)c(F)c(F)c1)C(=O)O. The van der Waals surface area contributed by atoms with Crippen LogP contribution in [0.1, 0.15) is 5.56 Å². The topological polar surface area (TPSA) is 63.3 Å². The first-order valence-corrected chi connectivity index (χ1v) is 4.03. The van der Waals surface area contributed by atoms with Gasteiger partial charge in [0.05, 0.1) is 0 Å². The molecule has 1 aromatic carbocycles. The molecule has 0 aromatic heterocycles. The van der Waals surface area contributed by atoms with E-state index in [1.165, 1.54) is 0 Å². The molecule has 6 heteroatoms. The van der Waals surface area contributed by atoms with Crippen LogP contribution < -0.4 is 5.73 Å². The highest BCUT2D eigenvalue weighted by Gasteiger charge is 2.16. The summed E-state index contributed by atoms with van der Waals surface area (Å²) in [7, 11) is 0. The number of benzene rings is 1. The fraction of sp³-hybridized carbons (Fsp3) is 0.222. The molecule has 0 radical (unpaired) electrons. The van der Waals surface area contributed by atoms with Crippen molar-refractivity contribution in [3.05, 3.63) is 35.1 Å². The van der Waals surface area contributed by atoms with E-state index in [2.05, 4.69) is 0 Å². The highest BCUT2D eigenvalue weighted by molar-refractivity contribution is 5.73.